The largest absolute Gasteiger partial charge is 0.409 e. The Morgan fingerprint density at radius 1 is 1.35 bits per heavy atom. The second kappa shape index (κ2) is 5.62. The van der Waals surface area contributed by atoms with Crippen molar-refractivity contribution in [3.8, 4) is 0 Å². The molecule has 1 fully saturated rings. The molecule has 0 aliphatic carbocycles. The van der Waals surface area contributed by atoms with Crippen molar-refractivity contribution >= 4 is 11.8 Å². The summed E-state index contributed by atoms with van der Waals surface area (Å²) in [5.41, 5.74) is 6.88. The van der Waals surface area contributed by atoms with E-state index in [0.29, 0.717) is 23.7 Å². The van der Waals surface area contributed by atoms with Crippen LogP contribution >= 0.6 is 0 Å². The van der Waals surface area contributed by atoms with E-state index in [2.05, 4.69) is 45.8 Å². The Morgan fingerprint density at radius 2 is 1.95 bits per heavy atom. The molecule has 7 nitrogen and oxygen atoms in total. The summed E-state index contributed by atoms with van der Waals surface area (Å²) < 4.78 is 0. The Morgan fingerprint density at radius 3 is 2.50 bits per heavy atom. The van der Waals surface area contributed by atoms with E-state index in [-0.39, 0.29) is 5.84 Å². The maximum Gasteiger partial charge on any atom is 0.226 e. The fraction of sp³-hybridized carbons (Fsp3) is 0.615. The number of nitrogens with two attached hydrogens (primary N) is 1. The van der Waals surface area contributed by atoms with Crippen molar-refractivity contribution in [1.82, 2.24) is 14.9 Å². The number of piperazine rings is 1. The summed E-state index contributed by atoms with van der Waals surface area (Å²) in [6.45, 7) is 7.97. The van der Waals surface area contributed by atoms with Crippen LogP contribution in [0.3, 0.4) is 0 Å². The smallest absolute Gasteiger partial charge is 0.226 e. The van der Waals surface area contributed by atoms with E-state index >= 15 is 0 Å². The number of rotatable bonds is 2. The number of oxime groups is 1. The maximum atomic E-state index is 8.78. The van der Waals surface area contributed by atoms with Gasteiger partial charge in [0.05, 0.1) is 0 Å². The number of anilines is 1. The molecule has 110 valence electrons. The molecular weight excluding hydrogens is 256 g/mol. The Hall–Kier alpha value is -1.89. The topological polar surface area (TPSA) is 90.9 Å². The molecule has 2 unspecified atom stereocenters. The highest BCUT2D eigenvalue weighted by Crippen LogP contribution is 2.18. The first-order valence-electron chi connectivity index (χ1n) is 6.72. The fourth-order valence-electron chi connectivity index (χ4n) is 2.44. The number of nitrogens with zero attached hydrogens (tertiary/aromatic N) is 5. The summed E-state index contributed by atoms with van der Waals surface area (Å²) in [6.07, 6.45) is 0. The van der Waals surface area contributed by atoms with Crippen LogP contribution in [0, 0.1) is 6.92 Å². The third kappa shape index (κ3) is 2.82. The molecule has 0 amide bonds. The third-order valence-corrected chi connectivity index (χ3v) is 3.86. The molecule has 0 saturated carbocycles. The molecule has 1 aliphatic rings. The van der Waals surface area contributed by atoms with Crippen molar-refractivity contribution < 1.29 is 5.21 Å². The summed E-state index contributed by atoms with van der Waals surface area (Å²) in [4.78, 5) is 13.4. The highest BCUT2D eigenvalue weighted by Gasteiger charge is 2.28. The van der Waals surface area contributed by atoms with Gasteiger partial charge in [0.1, 0.15) is 5.69 Å². The van der Waals surface area contributed by atoms with Crippen molar-refractivity contribution in [2.24, 2.45) is 10.9 Å². The molecule has 2 atom stereocenters. The molecule has 20 heavy (non-hydrogen) atoms. The highest BCUT2D eigenvalue weighted by atomic mass is 16.4. The van der Waals surface area contributed by atoms with Gasteiger partial charge in [-0.15, -0.1) is 0 Å². The van der Waals surface area contributed by atoms with E-state index in [4.69, 9.17) is 10.9 Å². The van der Waals surface area contributed by atoms with Crippen LogP contribution in [-0.2, 0) is 0 Å². The molecule has 3 N–H and O–H groups in total. The first kappa shape index (κ1) is 14.5. The normalized spacial score (nSPS) is 25.0. The fourth-order valence-corrected chi connectivity index (χ4v) is 2.44. The second-order valence-electron chi connectivity index (χ2n) is 5.45. The van der Waals surface area contributed by atoms with Gasteiger partial charge >= 0.3 is 0 Å². The van der Waals surface area contributed by atoms with Crippen molar-refractivity contribution in [1.29, 1.82) is 0 Å². The quantitative estimate of drug-likeness (QED) is 0.352. The zero-order valence-electron chi connectivity index (χ0n) is 12.4. The van der Waals surface area contributed by atoms with Crippen molar-refractivity contribution in [2.75, 3.05) is 25.0 Å². The molecule has 2 heterocycles. The van der Waals surface area contributed by atoms with Crippen molar-refractivity contribution in [3.63, 3.8) is 0 Å². The van der Waals surface area contributed by atoms with Gasteiger partial charge in [-0.25, -0.2) is 9.97 Å². The molecule has 1 saturated heterocycles. The van der Waals surface area contributed by atoms with E-state index in [1.165, 1.54) is 0 Å². The van der Waals surface area contributed by atoms with Gasteiger partial charge in [-0.2, -0.15) is 0 Å². The van der Waals surface area contributed by atoms with E-state index in [9.17, 15) is 0 Å². The van der Waals surface area contributed by atoms with Crippen LogP contribution < -0.4 is 10.6 Å². The Balaban J connectivity index is 2.31. The van der Waals surface area contributed by atoms with Gasteiger partial charge in [-0.3, -0.25) is 4.90 Å². The molecule has 0 aromatic carbocycles. The van der Waals surface area contributed by atoms with Crippen LogP contribution in [0.1, 0.15) is 25.2 Å². The predicted molar refractivity (Wildman–Crippen MR) is 78.2 cm³/mol. The van der Waals surface area contributed by atoms with Crippen LogP contribution in [0.25, 0.3) is 0 Å². The standard InChI is InChI=1S/C13H22N6O/c1-8-5-11(12(14)17-20)16-13(15-8)19-6-9(2)18(4)10(3)7-19/h5,9-10,20H,6-7H2,1-4H3,(H2,14,17). The van der Waals surface area contributed by atoms with Crippen LogP contribution in [0.4, 0.5) is 5.95 Å². The third-order valence-electron chi connectivity index (χ3n) is 3.86. The highest BCUT2D eigenvalue weighted by molar-refractivity contribution is 5.95. The van der Waals surface area contributed by atoms with Gasteiger partial charge in [0.2, 0.25) is 5.95 Å². The summed E-state index contributed by atoms with van der Waals surface area (Å²) in [5, 5.41) is 11.8. The van der Waals surface area contributed by atoms with Crippen LogP contribution in [0.15, 0.2) is 11.2 Å². The minimum absolute atomic E-state index is 0.00646. The SMILES string of the molecule is Cc1cc(/C(N)=N/O)nc(N2CC(C)N(C)C(C)C2)n1. The van der Waals surface area contributed by atoms with Crippen molar-refractivity contribution in [3.05, 3.63) is 17.5 Å². The van der Waals surface area contributed by atoms with Gasteiger partial charge < -0.3 is 15.8 Å². The van der Waals surface area contributed by atoms with Gasteiger partial charge in [-0.1, -0.05) is 5.16 Å². The molecule has 1 aromatic rings. The predicted octanol–water partition coefficient (Wildman–Crippen LogP) is 0.408. The van der Waals surface area contributed by atoms with Gasteiger partial charge in [0.25, 0.3) is 0 Å². The average molecular weight is 278 g/mol. The number of aromatic nitrogens is 2. The molecule has 1 aliphatic heterocycles. The first-order chi connectivity index (χ1) is 9.42. The lowest BCUT2D eigenvalue weighted by Crippen LogP contribution is -2.55. The molecule has 1 aromatic heterocycles. The number of amidine groups is 1. The number of hydrogen-bond acceptors (Lipinski definition) is 6. The monoisotopic (exact) mass is 278 g/mol. The molecule has 0 radical (unpaired) electrons. The van der Waals surface area contributed by atoms with E-state index < -0.39 is 0 Å². The zero-order valence-corrected chi connectivity index (χ0v) is 12.4. The summed E-state index contributed by atoms with van der Waals surface area (Å²) in [7, 11) is 2.13. The Labute approximate surface area is 119 Å². The first-order valence-corrected chi connectivity index (χ1v) is 6.72. The lowest BCUT2D eigenvalue weighted by Gasteiger charge is -2.42. The van der Waals surface area contributed by atoms with E-state index in [0.717, 1.165) is 18.8 Å². The van der Waals surface area contributed by atoms with Crippen LogP contribution in [0.2, 0.25) is 0 Å². The summed E-state index contributed by atoms with van der Waals surface area (Å²) in [6, 6.07) is 2.56. The molecular formula is C13H22N6O. The molecule has 0 spiro atoms. The average Bonchev–Trinajstić information content (AvgIpc) is 2.42. The molecule has 2 rings (SSSR count). The van der Waals surface area contributed by atoms with Crippen molar-refractivity contribution in [2.45, 2.75) is 32.9 Å². The maximum absolute atomic E-state index is 8.78. The minimum Gasteiger partial charge on any atom is -0.409 e. The second-order valence-corrected chi connectivity index (χ2v) is 5.45. The van der Waals surface area contributed by atoms with Gasteiger partial charge in [-0.05, 0) is 33.9 Å². The van der Waals surface area contributed by atoms with E-state index in [1.807, 2.05) is 6.92 Å². The zero-order chi connectivity index (χ0) is 14.9. The van der Waals surface area contributed by atoms with Crippen LogP contribution in [0.5, 0.6) is 0 Å². The lowest BCUT2D eigenvalue weighted by molar-refractivity contribution is 0.169. The Bertz CT molecular complexity index is 506. The van der Waals surface area contributed by atoms with Gasteiger partial charge in [0, 0.05) is 30.9 Å². The summed E-state index contributed by atoms with van der Waals surface area (Å²) in [5.74, 6) is 0.644. The number of hydrogen-bond donors (Lipinski definition) is 2. The number of aryl methyl sites for hydroxylation is 1. The molecule has 7 heteroatoms. The Kier molecular flexibility index (Phi) is 4.08. The number of likely N-dealkylation sites (N-methyl/N-ethyl adjacent to an activating group) is 1. The van der Waals surface area contributed by atoms with Gasteiger partial charge in [0.15, 0.2) is 5.84 Å². The molecule has 0 bridgehead atoms. The lowest BCUT2D eigenvalue weighted by atomic mass is 10.1. The van der Waals surface area contributed by atoms with E-state index in [1.54, 1.807) is 6.07 Å². The summed E-state index contributed by atoms with van der Waals surface area (Å²) >= 11 is 0. The minimum atomic E-state index is 0.00646. The van der Waals surface area contributed by atoms with Crippen LogP contribution in [-0.4, -0.2) is 58.1 Å².